The molecule has 7 heteroatoms. The summed E-state index contributed by atoms with van der Waals surface area (Å²) in [5.41, 5.74) is 3.82. The third-order valence-corrected chi connectivity index (χ3v) is 7.10. The lowest BCUT2D eigenvalue weighted by molar-refractivity contribution is -0.162. The van der Waals surface area contributed by atoms with Gasteiger partial charge in [0.1, 0.15) is 0 Å². The Balaban J connectivity index is 1.43. The molecule has 2 atom stereocenters. The number of aryl methyl sites for hydroxylation is 2. The average Bonchev–Trinajstić information content (AvgIpc) is 2.98. The van der Waals surface area contributed by atoms with Crippen LogP contribution in [0.4, 0.5) is 0 Å². The normalized spacial score (nSPS) is 16.0. The molecule has 0 saturated carbocycles. The summed E-state index contributed by atoms with van der Waals surface area (Å²) < 4.78 is 27.4. The number of methoxy groups -OCH3 is 2. The first kappa shape index (κ1) is 30.8. The molecule has 0 radical (unpaired) electrons. The van der Waals surface area contributed by atoms with Crippen LogP contribution >= 0.6 is 0 Å². The zero-order valence-electron chi connectivity index (χ0n) is 23.5. The number of esters is 2. The fourth-order valence-corrected chi connectivity index (χ4v) is 4.91. The van der Waals surface area contributed by atoms with Crippen molar-refractivity contribution >= 4 is 11.9 Å². The van der Waals surface area contributed by atoms with E-state index in [1.807, 2.05) is 30.3 Å². The second-order valence-corrected chi connectivity index (χ2v) is 9.94. The van der Waals surface area contributed by atoms with Gasteiger partial charge in [-0.15, -0.1) is 0 Å². The largest absolute Gasteiger partial charge is 0.467 e. The van der Waals surface area contributed by atoms with Crippen molar-refractivity contribution in [3.63, 3.8) is 0 Å². The van der Waals surface area contributed by atoms with Crippen molar-refractivity contribution in [3.05, 3.63) is 70.8 Å². The van der Waals surface area contributed by atoms with E-state index in [2.05, 4.69) is 12.1 Å². The summed E-state index contributed by atoms with van der Waals surface area (Å²) in [6.07, 6.45) is 9.79. The first-order chi connectivity index (χ1) is 19.1. The highest BCUT2D eigenvalue weighted by atomic mass is 16.7. The second-order valence-electron chi connectivity index (χ2n) is 9.94. The topological polar surface area (TPSA) is 80.3 Å². The van der Waals surface area contributed by atoms with E-state index in [1.165, 1.54) is 26.2 Å². The van der Waals surface area contributed by atoms with Gasteiger partial charge in [0.2, 0.25) is 0 Å². The van der Waals surface area contributed by atoms with Crippen molar-refractivity contribution in [2.75, 3.05) is 34.0 Å². The van der Waals surface area contributed by atoms with E-state index in [-0.39, 0.29) is 18.2 Å². The van der Waals surface area contributed by atoms with E-state index in [4.69, 9.17) is 23.7 Å². The fraction of sp³-hybridized carbons (Fsp3) is 0.562. The van der Waals surface area contributed by atoms with Gasteiger partial charge in [-0.2, -0.15) is 0 Å². The SMILES string of the molecule is COC(=O)c1ccccc1CCCOC(Cc1ccccc1CCCCCCOC1CCCCO1)C(=O)OC. The Morgan fingerprint density at radius 3 is 2.28 bits per heavy atom. The lowest BCUT2D eigenvalue weighted by atomic mass is 9.97. The van der Waals surface area contributed by atoms with Gasteiger partial charge in [0, 0.05) is 26.2 Å². The van der Waals surface area contributed by atoms with E-state index >= 15 is 0 Å². The molecule has 39 heavy (non-hydrogen) atoms. The molecule has 0 N–H and O–H groups in total. The first-order valence-corrected chi connectivity index (χ1v) is 14.3. The van der Waals surface area contributed by atoms with E-state index in [9.17, 15) is 9.59 Å². The molecule has 7 nitrogen and oxygen atoms in total. The predicted octanol–water partition coefficient (Wildman–Crippen LogP) is 5.85. The molecule has 0 spiro atoms. The standard InChI is InChI=1S/C32H44O7/c1-35-31(33)28-19-9-8-16-26(28)18-13-23-37-29(32(34)36-2)24-27-17-7-6-15-25(27)14-5-3-4-11-21-38-30-20-10-12-22-39-30/h6-9,15-17,19,29-30H,3-5,10-14,18,20-24H2,1-2H3. The van der Waals surface area contributed by atoms with Gasteiger partial charge in [-0.3, -0.25) is 0 Å². The number of benzene rings is 2. The van der Waals surface area contributed by atoms with E-state index in [0.717, 1.165) is 69.3 Å². The number of hydrogen-bond acceptors (Lipinski definition) is 7. The summed E-state index contributed by atoms with van der Waals surface area (Å²) >= 11 is 0. The van der Waals surface area contributed by atoms with Crippen molar-refractivity contribution < 1.29 is 33.3 Å². The Hall–Kier alpha value is -2.74. The van der Waals surface area contributed by atoms with Crippen LogP contribution in [0.15, 0.2) is 48.5 Å². The zero-order valence-corrected chi connectivity index (χ0v) is 23.5. The molecule has 2 aromatic rings. The van der Waals surface area contributed by atoms with Crippen molar-refractivity contribution in [3.8, 4) is 0 Å². The molecule has 2 aromatic carbocycles. The number of rotatable bonds is 17. The summed E-state index contributed by atoms with van der Waals surface area (Å²) in [5.74, 6) is -0.723. The summed E-state index contributed by atoms with van der Waals surface area (Å²) in [6.45, 7) is 1.95. The van der Waals surface area contributed by atoms with Crippen molar-refractivity contribution in [1.82, 2.24) is 0 Å². The van der Waals surface area contributed by atoms with Crippen LogP contribution in [0.2, 0.25) is 0 Å². The van der Waals surface area contributed by atoms with Crippen LogP contribution < -0.4 is 0 Å². The molecule has 1 fully saturated rings. The Morgan fingerprint density at radius 2 is 1.54 bits per heavy atom. The first-order valence-electron chi connectivity index (χ1n) is 14.3. The molecule has 0 bridgehead atoms. The van der Waals surface area contributed by atoms with E-state index < -0.39 is 6.10 Å². The highest BCUT2D eigenvalue weighted by Gasteiger charge is 2.22. The molecule has 0 aliphatic carbocycles. The molecule has 1 aliphatic rings. The third kappa shape index (κ3) is 10.7. The minimum atomic E-state index is -0.675. The minimum Gasteiger partial charge on any atom is -0.467 e. The maximum absolute atomic E-state index is 12.5. The van der Waals surface area contributed by atoms with Gasteiger partial charge in [0.25, 0.3) is 0 Å². The number of unbranched alkanes of at least 4 members (excludes halogenated alkanes) is 3. The Bertz CT molecular complexity index is 1000. The van der Waals surface area contributed by atoms with Gasteiger partial charge in [-0.1, -0.05) is 55.3 Å². The Morgan fingerprint density at radius 1 is 0.821 bits per heavy atom. The monoisotopic (exact) mass is 540 g/mol. The van der Waals surface area contributed by atoms with Crippen LogP contribution in [0.25, 0.3) is 0 Å². The molecule has 1 heterocycles. The average molecular weight is 541 g/mol. The van der Waals surface area contributed by atoms with Crippen LogP contribution in [0.1, 0.15) is 78.4 Å². The third-order valence-electron chi connectivity index (χ3n) is 7.10. The van der Waals surface area contributed by atoms with Crippen LogP contribution in [0.3, 0.4) is 0 Å². The smallest absolute Gasteiger partial charge is 0.338 e. The van der Waals surface area contributed by atoms with Gasteiger partial charge in [0.15, 0.2) is 12.4 Å². The maximum Gasteiger partial charge on any atom is 0.338 e. The summed E-state index contributed by atoms with van der Waals surface area (Å²) in [5, 5.41) is 0. The molecular formula is C32H44O7. The molecule has 1 aliphatic heterocycles. The molecular weight excluding hydrogens is 496 g/mol. The van der Waals surface area contributed by atoms with E-state index in [1.54, 1.807) is 6.07 Å². The highest BCUT2D eigenvalue weighted by molar-refractivity contribution is 5.90. The fourth-order valence-electron chi connectivity index (χ4n) is 4.91. The second kappa shape index (κ2) is 17.8. The van der Waals surface area contributed by atoms with Gasteiger partial charge in [-0.05, 0) is 74.1 Å². The van der Waals surface area contributed by atoms with Crippen LogP contribution in [0.5, 0.6) is 0 Å². The van der Waals surface area contributed by atoms with Crippen LogP contribution in [-0.2, 0) is 47.7 Å². The maximum atomic E-state index is 12.5. The lowest BCUT2D eigenvalue weighted by Gasteiger charge is -2.22. The van der Waals surface area contributed by atoms with Crippen molar-refractivity contribution in [2.45, 2.75) is 83.0 Å². The highest BCUT2D eigenvalue weighted by Crippen LogP contribution is 2.19. The molecule has 0 aromatic heterocycles. The Labute approximate surface area is 233 Å². The van der Waals surface area contributed by atoms with Gasteiger partial charge >= 0.3 is 11.9 Å². The van der Waals surface area contributed by atoms with Gasteiger partial charge in [0.05, 0.1) is 19.8 Å². The number of ether oxygens (including phenoxy) is 5. The summed E-state index contributed by atoms with van der Waals surface area (Å²) in [4.78, 5) is 24.5. The minimum absolute atomic E-state index is 0.00808. The number of hydrogen-bond donors (Lipinski definition) is 0. The van der Waals surface area contributed by atoms with Crippen LogP contribution in [0, 0.1) is 0 Å². The molecule has 214 valence electrons. The van der Waals surface area contributed by atoms with Crippen molar-refractivity contribution in [2.24, 2.45) is 0 Å². The Kier molecular flexibility index (Phi) is 14.0. The number of carbonyl (C=O) groups excluding carboxylic acids is 2. The van der Waals surface area contributed by atoms with Gasteiger partial charge in [-0.25, -0.2) is 9.59 Å². The molecule has 0 amide bonds. The summed E-state index contributed by atoms with van der Waals surface area (Å²) in [7, 11) is 2.77. The molecule has 2 unspecified atom stereocenters. The summed E-state index contributed by atoms with van der Waals surface area (Å²) in [6, 6.07) is 15.6. The lowest BCUT2D eigenvalue weighted by Crippen LogP contribution is -2.29. The zero-order chi connectivity index (χ0) is 27.7. The number of carbonyl (C=O) groups is 2. The van der Waals surface area contributed by atoms with Crippen molar-refractivity contribution in [1.29, 1.82) is 0 Å². The molecule has 3 rings (SSSR count). The predicted molar refractivity (Wildman–Crippen MR) is 150 cm³/mol. The van der Waals surface area contributed by atoms with Crippen LogP contribution in [-0.4, -0.2) is 58.4 Å². The van der Waals surface area contributed by atoms with Gasteiger partial charge < -0.3 is 23.7 Å². The quantitative estimate of drug-likeness (QED) is 0.184. The van der Waals surface area contributed by atoms with E-state index in [0.29, 0.717) is 31.4 Å². The molecule has 1 saturated heterocycles.